The van der Waals surface area contributed by atoms with Crippen molar-refractivity contribution in [2.24, 2.45) is 0 Å². The van der Waals surface area contributed by atoms with Gasteiger partial charge >= 0.3 is 12.0 Å². The Morgan fingerprint density at radius 3 is 2.69 bits per heavy atom. The number of hydrogen-bond donors (Lipinski definition) is 3. The fourth-order valence-electron chi connectivity index (χ4n) is 2.93. The zero-order valence-electron chi connectivity index (χ0n) is 16.4. The average molecular weight is 394 g/mol. The van der Waals surface area contributed by atoms with Crippen LogP contribution in [0, 0.1) is 0 Å². The van der Waals surface area contributed by atoms with Crippen molar-refractivity contribution >= 4 is 48.5 Å². The second-order valence-electron chi connectivity index (χ2n) is 6.72. The first kappa shape index (κ1) is 20.4. The maximum atomic E-state index is 12.3. The van der Waals surface area contributed by atoms with Crippen LogP contribution in [0.5, 0.6) is 0 Å². The summed E-state index contributed by atoms with van der Waals surface area (Å²) in [5, 5.41) is 8.87. The minimum atomic E-state index is -0.617. The van der Waals surface area contributed by atoms with Crippen LogP contribution < -0.4 is 21.4 Å². The molecule has 0 bridgehead atoms. The van der Waals surface area contributed by atoms with E-state index in [1.54, 1.807) is 17.9 Å². The largest absolute Gasteiger partial charge is 0.467 e. The second-order valence-corrected chi connectivity index (χ2v) is 6.72. The van der Waals surface area contributed by atoms with Crippen LogP contribution in [0.1, 0.15) is 19.8 Å². The molecule has 1 unspecified atom stereocenters. The lowest BCUT2D eigenvalue weighted by Gasteiger charge is -2.17. The van der Waals surface area contributed by atoms with Crippen LogP contribution in [0.15, 0.2) is 30.5 Å². The summed E-state index contributed by atoms with van der Waals surface area (Å²) in [5.41, 5.74) is 1.67. The van der Waals surface area contributed by atoms with Crippen molar-refractivity contribution < 1.29 is 14.3 Å². The van der Waals surface area contributed by atoms with Gasteiger partial charge in [-0.2, -0.15) is 4.98 Å². The summed E-state index contributed by atoms with van der Waals surface area (Å²) >= 11 is 0. The summed E-state index contributed by atoms with van der Waals surface area (Å²) in [5.74, 6) is 0.180. The third-order valence-electron chi connectivity index (χ3n) is 4.49. The van der Waals surface area contributed by atoms with Crippen molar-refractivity contribution in [1.29, 1.82) is 0 Å². The first-order valence-electron chi connectivity index (χ1n) is 9.36. The van der Waals surface area contributed by atoms with E-state index in [-0.39, 0.29) is 6.03 Å². The Kier molecular flexibility index (Phi) is 6.53. The van der Waals surface area contributed by atoms with E-state index >= 15 is 0 Å². The summed E-state index contributed by atoms with van der Waals surface area (Å²) in [6.45, 7) is 3.21. The van der Waals surface area contributed by atoms with Crippen molar-refractivity contribution in [3.8, 4) is 0 Å². The minimum Gasteiger partial charge on any atom is -0.467 e. The molecule has 9 nitrogen and oxygen atoms in total. The molecule has 10 heteroatoms. The zero-order chi connectivity index (χ0) is 20.8. The molecule has 0 aliphatic carbocycles. The number of carbonyl (C=O) groups is 2. The standard InChI is InChI=1S/C19H23BN6O3/c1-12(17(27)29-2)22-16-15(20)11-21-18(25-16)23-13-6-5-7-14(10-13)24-19(28)26-8-3-4-9-26/h5-7,10-12H,3-4,8-9H2,1-2H3,(H,24,28)(H2,21,22,23,25). The lowest BCUT2D eigenvalue weighted by atomic mass is 9.99. The zero-order valence-corrected chi connectivity index (χ0v) is 16.4. The summed E-state index contributed by atoms with van der Waals surface area (Å²) in [6.07, 6.45) is 3.52. The predicted octanol–water partition coefficient (Wildman–Crippen LogP) is 1.62. The molecule has 2 amide bonds. The summed E-state index contributed by atoms with van der Waals surface area (Å²) < 4.78 is 4.69. The molecule has 2 aromatic rings. The van der Waals surface area contributed by atoms with Crippen molar-refractivity contribution in [1.82, 2.24) is 14.9 Å². The highest BCUT2D eigenvalue weighted by Crippen LogP contribution is 2.19. The van der Waals surface area contributed by atoms with Crippen LogP contribution >= 0.6 is 0 Å². The number of urea groups is 1. The summed E-state index contributed by atoms with van der Waals surface area (Å²) in [4.78, 5) is 34.1. The Hall–Kier alpha value is -3.30. The van der Waals surface area contributed by atoms with Crippen molar-refractivity contribution in [3.63, 3.8) is 0 Å². The molecule has 3 N–H and O–H groups in total. The number of hydrogen-bond acceptors (Lipinski definition) is 7. The highest BCUT2D eigenvalue weighted by molar-refractivity contribution is 6.35. The Labute approximate surface area is 170 Å². The molecule has 1 fully saturated rings. The molecule has 150 valence electrons. The normalized spacial score (nSPS) is 14.2. The van der Waals surface area contributed by atoms with Gasteiger partial charge in [-0.3, -0.25) is 0 Å². The number of rotatable bonds is 6. The number of likely N-dealkylation sites (tertiary alicyclic amines) is 1. The maximum Gasteiger partial charge on any atom is 0.328 e. The molecule has 3 rings (SSSR count). The molecule has 1 atom stereocenters. The number of amides is 2. The molecular weight excluding hydrogens is 371 g/mol. The van der Waals surface area contributed by atoms with Gasteiger partial charge in [-0.25, -0.2) is 14.6 Å². The van der Waals surface area contributed by atoms with E-state index in [4.69, 9.17) is 12.6 Å². The summed E-state index contributed by atoms with van der Waals surface area (Å²) in [7, 11) is 7.20. The van der Waals surface area contributed by atoms with Crippen LogP contribution in [0.2, 0.25) is 0 Å². The van der Waals surface area contributed by atoms with E-state index in [9.17, 15) is 9.59 Å². The fraction of sp³-hybridized carbons (Fsp3) is 0.368. The van der Waals surface area contributed by atoms with Crippen molar-refractivity contribution in [2.45, 2.75) is 25.8 Å². The Bertz CT molecular complexity index is 888. The molecule has 1 saturated heterocycles. The van der Waals surface area contributed by atoms with E-state index in [2.05, 4.69) is 25.9 Å². The van der Waals surface area contributed by atoms with E-state index in [0.29, 0.717) is 28.6 Å². The van der Waals surface area contributed by atoms with Gasteiger partial charge in [-0.1, -0.05) is 6.07 Å². The average Bonchev–Trinajstić information content (AvgIpc) is 3.25. The molecular formula is C19H23BN6O3. The van der Waals surface area contributed by atoms with Crippen molar-refractivity contribution in [3.05, 3.63) is 30.5 Å². The van der Waals surface area contributed by atoms with Crippen LogP contribution in [0.4, 0.5) is 27.9 Å². The lowest BCUT2D eigenvalue weighted by molar-refractivity contribution is -0.141. The Morgan fingerprint density at radius 2 is 1.97 bits per heavy atom. The van der Waals surface area contributed by atoms with Gasteiger partial charge in [0.15, 0.2) is 0 Å². The van der Waals surface area contributed by atoms with Gasteiger partial charge in [-0.15, -0.1) is 0 Å². The number of nitrogens with zero attached hydrogens (tertiary/aromatic N) is 3. The van der Waals surface area contributed by atoms with Gasteiger partial charge in [0.25, 0.3) is 0 Å². The Morgan fingerprint density at radius 1 is 1.24 bits per heavy atom. The van der Waals surface area contributed by atoms with E-state index in [1.807, 2.05) is 18.2 Å². The molecule has 2 heterocycles. The first-order valence-corrected chi connectivity index (χ1v) is 9.36. The van der Waals surface area contributed by atoms with E-state index in [1.165, 1.54) is 13.3 Å². The number of esters is 1. The maximum absolute atomic E-state index is 12.3. The van der Waals surface area contributed by atoms with Crippen LogP contribution in [0.3, 0.4) is 0 Å². The number of methoxy groups -OCH3 is 1. The Balaban J connectivity index is 1.68. The second kappa shape index (κ2) is 9.27. The predicted molar refractivity (Wildman–Crippen MR) is 112 cm³/mol. The van der Waals surface area contributed by atoms with Gasteiger partial charge in [-0.05, 0) is 43.4 Å². The number of nitrogens with one attached hydrogen (secondary N) is 3. The smallest absolute Gasteiger partial charge is 0.328 e. The van der Waals surface area contributed by atoms with Gasteiger partial charge in [0.1, 0.15) is 19.7 Å². The molecule has 1 aromatic carbocycles. The van der Waals surface area contributed by atoms with E-state index < -0.39 is 12.0 Å². The topological polar surface area (TPSA) is 108 Å². The number of aromatic nitrogens is 2. The number of anilines is 4. The lowest BCUT2D eigenvalue weighted by Crippen LogP contribution is -2.32. The molecule has 1 aliphatic rings. The molecule has 1 aliphatic heterocycles. The first-order chi connectivity index (χ1) is 14.0. The number of ether oxygens (including phenoxy) is 1. The molecule has 1 aromatic heterocycles. The molecule has 29 heavy (non-hydrogen) atoms. The third kappa shape index (κ3) is 5.37. The van der Waals surface area contributed by atoms with Gasteiger partial charge in [0.2, 0.25) is 5.95 Å². The van der Waals surface area contributed by atoms with Gasteiger partial charge in [0, 0.05) is 30.7 Å². The molecule has 0 spiro atoms. The van der Waals surface area contributed by atoms with Gasteiger partial charge in [0.05, 0.1) is 7.11 Å². The summed E-state index contributed by atoms with van der Waals surface area (Å²) in [6, 6.07) is 6.53. The van der Waals surface area contributed by atoms with Gasteiger partial charge < -0.3 is 25.6 Å². The number of benzene rings is 1. The molecule has 2 radical (unpaired) electrons. The van der Waals surface area contributed by atoms with Crippen molar-refractivity contribution in [2.75, 3.05) is 36.1 Å². The third-order valence-corrected chi connectivity index (χ3v) is 4.49. The number of carbonyl (C=O) groups excluding carboxylic acids is 2. The van der Waals surface area contributed by atoms with Crippen LogP contribution in [-0.2, 0) is 9.53 Å². The highest BCUT2D eigenvalue weighted by Gasteiger charge is 2.18. The SMILES string of the molecule is [B]c1cnc(Nc2cccc(NC(=O)N3CCCC3)c2)nc1NC(C)C(=O)OC. The molecule has 0 saturated carbocycles. The highest BCUT2D eigenvalue weighted by atomic mass is 16.5. The minimum absolute atomic E-state index is 0.105. The van der Waals surface area contributed by atoms with Crippen LogP contribution in [-0.4, -0.2) is 61.0 Å². The van der Waals surface area contributed by atoms with Crippen LogP contribution in [0.25, 0.3) is 0 Å². The monoisotopic (exact) mass is 394 g/mol. The quantitative estimate of drug-likeness (QED) is 0.505. The fourth-order valence-corrected chi connectivity index (χ4v) is 2.93. The van der Waals surface area contributed by atoms with E-state index in [0.717, 1.165) is 25.9 Å².